The van der Waals surface area contributed by atoms with Gasteiger partial charge in [-0.15, -0.1) is 0 Å². The van der Waals surface area contributed by atoms with Crippen molar-refractivity contribution in [2.75, 3.05) is 20.8 Å². The normalized spacial score (nSPS) is 12.8. The summed E-state index contributed by atoms with van der Waals surface area (Å²) in [5.41, 5.74) is 0.962. The zero-order valence-electron chi connectivity index (χ0n) is 15.3. The van der Waals surface area contributed by atoms with Crippen molar-refractivity contribution in [1.29, 1.82) is 0 Å². The van der Waals surface area contributed by atoms with Gasteiger partial charge in [0.05, 0.1) is 19.8 Å². The number of hydrogen-bond donors (Lipinski definition) is 2. The zero-order valence-corrected chi connectivity index (χ0v) is 15.3. The highest BCUT2D eigenvalue weighted by molar-refractivity contribution is 5.68. The quantitative estimate of drug-likeness (QED) is 0.757. The van der Waals surface area contributed by atoms with E-state index >= 15 is 0 Å². The number of benzene rings is 2. The predicted octanol–water partition coefficient (Wildman–Crippen LogP) is 3.23. The average molecular weight is 359 g/mol. The Balaban J connectivity index is 2.03. The van der Waals surface area contributed by atoms with E-state index in [1.165, 1.54) is 0 Å². The van der Waals surface area contributed by atoms with E-state index in [-0.39, 0.29) is 13.2 Å². The van der Waals surface area contributed by atoms with Gasteiger partial charge in [-0.25, -0.2) is 4.79 Å². The molecule has 2 aromatic carbocycles. The summed E-state index contributed by atoms with van der Waals surface area (Å²) in [6.45, 7) is 1.90. The molecule has 0 heterocycles. The number of aliphatic hydroxyl groups is 1. The fourth-order valence-electron chi connectivity index (χ4n) is 2.69. The molecule has 2 rings (SSSR count). The van der Waals surface area contributed by atoms with E-state index in [0.29, 0.717) is 17.9 Å². The first-order valence-electron chi connectivity index (χ1n) is 8.34. The Bertz CT molecular complexity index is 719. The lowest BCUT2D eigenvalue weighted by Crippen LogP contribution is -2.44. The molecule has 0 aliphatic rings. The van der Waals surface area contributed by atoms with E-state index in [4.69, 9.17) is 14.2 Å². The monoisotopic (exact) mass is 359 g/mol. The van der Waals surface area contributed by atoms with Crippen LogP contribution >= 0.6 is 0 Å². The number of ether oxygens (including phenoxy) is 3. The average Bonchev–Trinajstić information content (AvgIpc) is 2.67. The van der Waals surface area contributed by atoms with Gasteiger partial charge in [-0.2, -0.15) is 0 Å². The largest absolute Gasteiger partial charge is 0.493 e. The van der Waals surface area contributed by atoms with Crippen LogP contribution in [0.4, 0.5) is 4.79 Å². The summed E-state index contributed by atoms with van der Waals surface area (Å²) in [6.07, 6.45) is -0.178. The van der Waals surface area contributed by atoms with Crippen LogP contribution in [0.1, 0.15) is 24.5 Å². The van der Waals surface area contributed by atoms with Gasteiger partial charge in [-0.1, -0.05) is 36.4 Å². The van der Waals surface area contributed by atoms with E-state index < -0.39 is 11.6 Å². The summed E-state index contributed by atoms with van der Waals surface area (Å²) >= 11 is 0. The number of carbonyl (C=O) groups is 1. The van der Waals surface area contributed by atoms with Gasteiger partial charge in [0.15, 0.2) is 11.5 Å². The molecule has 0 saturated heterocycles. The van der Waals surface area contributed by atoms with Crippen molar-refractivity contribution in [2.24, 2.45) is 0 Å². The maximum absolute atomic E-state index is 12.3. The van der Waals surface area contributed by atoms with Crippen LogP contribution in [0.15, 0.2) is 48.5 Å². The third kappa shape index (κ3) is 4.89. The van der Waals surface area contributed by atoms with Gasteiger partial charge < -0.3 is 24.6 Å². The summed E-state index contributed by atoms with van der Waals surface area (Å²) in [7, 11) is 3.11. The van der Waals surface area contributed by atoms with Crippen LogP contribution in [-0.2, 0) is 16.9 Å². The highest BCUT2D eigenvalue weighted by atomic mass is 16.5. The number of nitrogens with one attached hydrogen (secondary N) is 1. The second kappa shape index (κ2) is 9.10. The second-order valence-corrected chi connectivity index (χ2v) is 6.06. The summed E-state index contributed by atoms with van der Waals surface area (Å²) in [5, 5.41) is 12.2. The molecule has 2 N–H and O–H groups in total. The molecule has 6 nitrogen and oxygen atoms in total. The van der Waals surface area contributed by atoms with Crippen molar-refractivity contribution in [1.82, 2.24) is 5.32 Å². The second-order valence-electron chi connectivity index (χ2n) is 6.06. The minimum Gasteiger partial charge on any atom is -0.493 e. The zero-order chi connectivity index (χ0) is 19.0. The summed E-state index contributed by atoms with van der Waals surface area (Å²) in [5.74, 6) is 1.18. The molecular formula is C20H25NO5. The number of methoxy groups -OCH3 is 2. The van der Waals surface area contributed by atoms with Crippen LogP contribution < -0.4 is 14.8 Å². The van der Waals surface area contributed by atoms with Crippen LogP contribution in [0.25, 0.3) is 0 Å². The Hall–Kier alpha value is -2.73. The molecule has 1 unspecified atom stereocenters. The van der Waals surface area contributed by atoms with Gasteiger partial charge in [0, 0.05) is 6.61 Å². The van der Waals surface area contributed by atoms with E-state index in [1.54, 1.807) is 32.4 Å². The van der Waals surface area contributed by atoms with Gasteiger partial charge >= 0.3 is 6.09 Å². The molecule has 0 fully saturated rings. The number of aliphatic hydroxyl groups excluding tert-OH is 1. The molecule has 1 amide bonds. The van der Waals surface area contributed by atoms with Crippen LogP contribution in [0.3, 0.4) is 0 Å². The molecule has 0 radical (unpaired) electrons. The Morgan fingerprint density at radius 2 is 1.77 bits per heavy atom. The number of alkyl carbamates (subject to hydrolysis) is 1. The molecular weight excluding hydrogens is 334 g/mol. The molecule has 0 bridgehead atoms. The van der Waals surface area contributed by atoms with Gasteiger partial charge in [0.2, 0.25) is 0 Å². The lowest BCUT2D eigenvalue weighted by Gasteiger charge is -2.30. The molecule has 0 aliphatic heterocycles. The smallest absolute Gasteiger partial charge is 0.408 e. The van der Waals surface area contributed by atoms with E-state index in [2.05, 4.69) is 5.32 Å². The summed E-state index contributed by atoms with van der Waals surface area (Å²) in [4.78, 5) is 12.3. The molecule has 2 aromatic rings. The van der Waals surface area contributed by atoms with Crippen molar-refractivity contribution < 1.29 is 24.1 Å². The third-order valence-corrected chi connectivity index (χ3v) is 4.22. The predicted molar refractivity (Wildman–Crippen MR) is 98.4 cm³/mol. The summed E-state index contributed by atoms with van der Waals surface area (Å²) in [6, 6.07) is 14.8. The van der Waals surface area contributed by atoms with E-state index in [9.17, 15) is 9.90 Å². The SMILES string of the molecule is COc1ccc(COC(=O)NC(C)(CCO)c2ccccc2)cc1OC. The maximum atomic E-state index is 12.3. The highest BCUT2D eigenvalue weighted by Gasteiger charge is 2.28. The Morgan fingerprint density at radius 3 is 2.38 bits per heavy atom. The Kier molecular flexibility index (Phi) is 6.86. The van der Waals surface area contributed by atoms with Crippen LogP contribution in [0, 0.1) is 0 Å². The number of hydrogen-bond acceptors (Lipinski definition) is 5. The van der Waals surface area contributed by atoms with Crippen molar-refractivity contribution in [3.63, 3.8) is 0 Å². The molecule has 26 heavy (non-hydrogen) atoms. The van der Waals surface area contributed by atoms with Crippen LogP contribution in [-0.4, -0.2) is 32.0 Å². The molecule has 0 saturated carbocycles. The van der Waals surface area contributed by atoms with Crippen molar-refractivity contribution in [2.45, 2.75) is 25.5 Å². The molecule has 0 aromatic heterocycles. The number of carbonyl (C=O) groups excluding carboxylic acids is 1. The minimum atomic E-state index is -0.718. The Morgan fingerprint density at radius 1 is 1.08 bits per heavy atom. The first-order valence-corrected chi connectivity index (χ1v) is 8.34. The number of amides is 1. The van der Waals surface area contributed by atoms with Gasteiger partial charge in [-0.05, 0) is 36.6 Å². The van der Waals surface area contributed by atoms with Gasteiger partial charge in [0.25, 0.3) is 0 Å². The lowest BCUT2D eigenvalue weighted by atomic mass is 9.89. The van der Waals surface area contributed by atoms with Crippen LogP contribution in [0.2, 0.25) is 0 Å². The molecule has 140 valence electrons. The highest BCUT2D eigenvalue weighted by Crippen LogP contribution is 2.28. The van der Waals surface area contributed by atoms with Gasteiger partial charge in [-0.3, -0.25) is 0 Å². The standard InChI is InChI=1S/C20H25NO5/c1-20(11-12-22,16-7-5-4-6-8-16)21-19(23)26-14-15-9-10-17(24-2)18(13-15)25-3/h4-10,13,22H,11-12,14H2,1-3H3,(H,21,23). The summed E-state index contributed by atoms with van der Waals surface area (Å²) < 4.78 is 15.8. The first-order chi connectivity index (χ1) is 12.5. The van der Waals surface area contributed by atoms with Crippen molar-refractivity contribution in [3.8, 4) is 11.5 Å². The third-order valence-electron chi connectivity index (χ3n) is 4.22. The van der Waals surface area contributed by atoms with E-state index in [0.717, 1.165) is 11.1 Å². The van der Waals surface area contributed by atoms with Crippen LogP contribution in [0.5, 0.6) is 11.5 Å². The fourth-order valence-corrected chi connectivity index (χ4v) is 2.69. The number of rotatable bonds is 8. The van der Waals surface area contributed by atoms with Gasteiger partial charge in [0.1, 0.15) is 6.61 Å². The maximum Gasteiger partial charge on any atom is 0.408 e. The lowest BCUT2D eigenvalue weighted by molar-refractivity contribution is 0.122. The fraction of sp³-hybridized carbons (Fsp3) is 0.350. The van der Waals surface area contributed by atoms with Crippen molar-refractivity contribution in [3.05, 3.63) is 59.7 Å². The van der Waals surface area contributed by atoms with E-state index in [1.807, 2.05) is 37.3 Å². The molecule has 1 atom stereocenters. The molecule has 0 spiro atoms. The van der Waals surface area contributed by atoms with Crippen molar-refractivity contribution >= 4 is 6.09 Å². The molecule has 6 heteroatoms. The topological polar surface area (TPSA) is 77.0 Å². The molecule has 0 aliphatic carbocycles. The minimum absolute atomic E-state index is 0.0542. The first kappa shape index (κ1) is 19.6. The Labute approximate surface area is 153 Å².